The normalized spacial score (nSPS) is 12.0. The Morgan fingerprint density at radius 1 is 1.12 bits per heavy atom. The maximum Gasteiger partial charge on any atom is 0.231 e. The first-order valence-corrected chi connectivity index (χ1v) is 8.49. The summed E-state index contributed by atoms with van der Waals surface area (Å²) in [7, 11) is 0. The zero-order chi connectivity index (χ0) is 18.7. The molecule has 0 atom stereocenters. The molecular weight excluding hydrogens is 332 g/mol. The summed E-state index contributed by atoms with van der Waals surface area (Å²) in [6.45, 7) is 6.00. The lowest BCUT2D eigenvalue weighted by Crippen LogP contribution is -2.32. The first-order valence-electron chi connectivity index (χ1n) is 8.49. The van der Waals surface area contributed by atoms with Gasteiger partial charge in [0.1, 0.15) is 0 Å². The first kappa shape index (κ1) is 17.8. The standard InChI is InChI=1S/C20H22N2O4/c1-13-5-4-6-17(14(13)2)22(15(3)23)10-9-20(24)21-16-7-8-18-19(11-16)26-12-25-18/h4-8,11H,9-10,12H2,1-3H3,(H,21,24). The molecule has 1 aliphatic heterocycles. The van der Waals surface area contributed by atoms with E-state index in [0.29, 0.717) is 23.7 Å². The van der Waals surface area contributed by atoms with E-state index >= 15 is 0 Å². The molecule has 2 aromatic carbocycles. The molecule has 2 amide bonds. The second-order valence-corrected chi connectivity index (χ2v) is 6.26. The van der Waals surface area contributed by atoms with Crippen LogP contribution in [0.25, 0.3) is 0 Å². The third-order valence-corrected chi connectivity index (χ3v) is 4.47. The van der Waals surface area contributed by atoms with Gasteiger partial charge in [-0.05, 0) is 43.2 Å². The Hall–Kier alpha value is -3.02. The summed E-state index contributed by atoms with van der Waals surface area (Å²) in [5.74, 6) is 1.03. The van der Waals surface area contributed by atoms with Gasteiger partial charge < -0.3 is 19.7 Å². The molecule has 0 aliphatic carbocycles. The highest BCUT2D eigenvalue weighted by atomic mass is 16.7. The van der Waals surface area contributed by atoms with E-state index in [1.165, 1.54) is 6.92 Å². The van der Waals surface area contributed by atoms with Gasteiger partial charge in [0.2, 0.25) is 18.6 Å². The molecule has 0 radical (unpaired) electrons. The number of carbonyl (C=O) groups excluding carboxylic acids is 2. The van der Waals surface area contributed by atoms with E-state index in [1.54, 1.807) is 23.1 Å². The first-order chi connectivity index (χ1) is 12.5. The van der Waals surface area contributed by atoms with Crippen LogP contribution < -0.4 is 19.7 Å². The summed E-state index contributed by atoms with van der Waals surface area (Å²) in [5, 5.41) is 2.83. The van der Waals surface area contributed by atoms with E-state index in [-0.39, 0.29) is 25.0 Å². The van der Waals surface area contributed by atoms with Gasteiger partial charge in [0.15, 0.2) is 11.5 Å². The Morgan fingerprint density at radius 2 is 1.88 bits per heavy atom. The number of ether oxygens (including phenoxy) is 2. The van der Waals surface area contributed by atoms with E-state index in [4.69, 9.17) is 9.47 Å². The molecule has 0 fully saturated rings. The number of amides is 2. The van der Waals surface area contributed by atoms with Crippen molar-refractivity contribution in [1.82, 2.24) is 0 Å². The molecule has 136 valence electrons. The maximum absolute atomic E-state index is 12.3. The Balaban J connectivity index is 1.65. The minimum absolute atomic E-state index is 0.0884. The van der Waals surface area contributed by atoms with Gasteiger partial charge in [-0.1, -0.05) is 12.1 Å². The monoisotopic (exact) mass is 354 g/mol. The lowest BCUT2D eigenvalue weighted by Gasteiger charge is -2.23. The minimum atomic E-state index is -0.166. The average molecular weight is 354 g/mol. The highest BCUT2D eigenvalue weighted by Gasteiger charge is 2.17. The largest absolute Gasteiger partial charge is 0.454 e. The maximum atomic E-state index is 12.3. The number of benzene rings is 2. The molecule has 0 saturated heterocycles. The van der Waals surface area contributed by atoms with Crippen molar-refractivity contribution in [3.05, 3.63) is 47.5 Å². The highest BCUT2D eigenvalue weighted by molar-refractivity contribution is 5.95. The van der Waals surface area contributed by atoms with Gasteiger partial charge in [0, 0.05) is 37.3 Å². The number of carbonyl (C=O) groups is 2. The molecule has 2 aromatic rings. The Kier molecular flexibility index (Phi) is 5.11. The number of hydrogen-bond acceptors (Lipinski definition) is 4. The molecule has 1 N–H and O–H groups in total. The van der Waals surface area contributed by atoms with Crippen molar-refractivity contribution in [2.45, 2.75) is 27.2 Å². The van der Waals surface area contributed by atoms with Crippen LogP contribution in [0.1, 0.15) is 24.5 Å². The van der Waals surface area contributed by atoms with Crippen molar-refractivity contribution in [1.29, 1.82) is 0 Å². The number of aryl methyl sites for hydroxylation is 1. The van der Waals surface area contributed by atoms with Gasteiger partial charge in [0.05, 0.1) is 0 Å². The third-order valence-electron chi connectivity index (χ3n) is 4.47. The van der Waals surface area contributed by atoms with E-state index in [1.807, 2.05) is 32.0 Å². The summed E-state index contributed by atoms with van der Waals surface area (Å²) in [6, 6.07) is 11.1. The molecule has 6 nitrogen and oxygen atoms in total. The van der Waals surface area contributed by atoms with Crippen LogP contribution in [0, 0.1) is 13.8 Å². The molecule has 6 heteroatoms. The lowest BCUT2D eigenvalue weighted by atomic mass is 10.1. The quantitative estimate of drug-likeness (QED) is 0.893. The molecule has 3 rings (SSSR count). The number of anilines is 2. The number of rotatable bonds is 5. The highest BCUT2D eigenvalue weighted by Crippen LogP contribution is 2.34. The second kappa shape index (κ2) is 7.47. The average Bonchev–Trinajstić information content (AvgIpc) is 3.06. The zero-order valence-corrected chi connectivity index (χ0v) is 15.2. The lowest BCUT2D eigenvalue weighted by molar-refractivity contribution is -0.117. The van der Waals surface area contributed by atoms with Gasteiger partial charge in [-0.15, -0.1) is 0 Å². The summed E-state index contributed by atoms with van der Waals surface area (Å²) in [5.41, 5.74) is 3.63. The third kappa shape index (κ3) is 3.79. The fourth-order valence-electron chi connectivity index (χ4n) is 2.89. The van der Waals surface area contributed by atoms with E-state index in [9.17, 15) is 9.59 Å². The number of hydrogen-bond donors (Lipinski definition) is 1. The molecule has 26 heavy (non-hydrogen) atoms. The second-order valence-electron chi connectivity index (χ2n) is 6.26. The minimum Gasteiger partial charge on any atom is -0.454 e. The van der Waals surface area contributed by atoms with Crippen LogP contribution in [0.5, 0.6) is 11.5 Å². The van der Waals surface area contributed by atoms with Crippen molar-refractivity contribution < 1.29 is 19.1 Å². The number of nitrogens with zero attached hydrogens (tertiary/aromatic N) is 1. The van der Waals surface area contributed by atoms with Crippen LogP contribution in [0.4, 0.5) is 11.4 Å². The summed E-state index contributed by atoms with van der Waals surface area (Å²) < 4.78 is 10.6. The van der Waals surface area contributed by atoms with Gasteiger partial charge in [-0.25, -0.2) is 0 Å². The van der Waals surface area contributed by atoms with Crippen molar-refractivity contribution in [2.24, 2.45) is 0 Å². The molecule has 0 bridgehead atoms. The fourth-order valence-corrected chi connectivity index (χ4v) is 2.89. The molecule has 0 aromatic heterocycles. The molecule has 1 heterocycles. The Bertz CT molecular complexity index is 848. The van der Waals surface area contributed by atoms with Crippen molar-refractivity contribution in [2.75, 3.05) is 23.6 Å². The van der Waals surface area contributed by atoms with E-state index < -0.39 is 0 Å². The van der Waals surface area contributed by atoms with E-state index in [0.717, 1.165) is 16.8 Å². The van der Waals surface area contributed by atoms with Crippen LogP contribution in [0.15, 0.2) is 36.4 Å². The Morgan fingerprint density at radius 3 is 2.65 bits per heavy atom. The Labute approximate surface area is 152 Å². The molecule has 1 aliphatic rings. The predicted molar refractivity (Wildman–Crippen MR) is 99.8 cm³/mol. The van der Waals surface area contributed by atoms with Crippen LogP contribution in [-0.2, 0) is 9.59 Å². The van der Waals surface area contributed by atoms with Gasteiger partial charge in [-0.3, -0.25) is 9.59 Å². The van der Waals surface area contributed by atoms with Crippen LogP contribution >= 0.6 is 0 Å². The van der Waals surface area contributed by atoms with Crippen LogP contribution in [-0.4, -0.2) is 25.2 Å². The molecule has 0 saturated carbocycles. The van der Waals surface area contributed by atoms with Gasteiger partial charge >= 0.3 is 0 Å². The molecule has 0 spiro atoms. The number of nitrogens with one attached hydrogen (secondary N) is 1. The van der Waals surface area contributed by atoms with Crippen LogP contribution in [0.2, 0.25) is 0 Å². The topological polar surface area (TPSA) is 67.9 Å². The van der Waals surface area contributed by atoms with Gasteiger partial charge in [-0.2, -0.15) is 0 Å². The van der Waals surface area contributed by atoms with E-state index in [2.05, 4.69) is 5.32 Å². The smallest absolute Gasteiger partial charge is 0.231 e. The summed E-state index contributed by atoms with van der Waals surface area (Å²) >= 11 is 0. The van der Waals surface area contributed by atoms with Gasteiger partial charge in [0.25, 0.3) is 0 Å². The number of fused-ring (bicyclic) bond motifs is 1. The molecule has 0 unspecified atom stereocenters. The van der Waals surface area contributed by atoms with Crippen LogP contribution in [0.3, 0.4) is 0 Å². The fraction of sp³-hybridized carbons (Fsp3) is 0.300. The van der Waals surface area contributed by atoms with Crippen molar-refractivity contribution >= 4 is 23.2 Å². The molecular formula is C20H22N2O4. The summed E-state index contributed by atoms with van der Waals surface area (Å²) in [6.07, 6.45) is 0.196. The van der Waals surface area contributed by atoms with Crippen molar-refractivity contribution in [3.8, 4) is 11.5 Å². The zero-order valence-electron chi connectivity index (χ0n) is 15.2. The SMILES string of the molecule is CC(=O)N(CCC(=O)Nc1ccc2c(c1)OCO2)c1cccc(C)c1C. The van der Waals surface area contributed by atoms with Crippen molar-refractivity contribution in [3.63, 3.8) is 0 Å². The predicted octanol–water partition coefficient (Wildman–Crippen LogP) is 3.41. The summed E-state index contributed by atoms with van der Waals surface area (Å²) in [4.78, 5) is 26.0.